The second-order valence-corrected chi connectivity index (χ2v) is 13.0. The minimum absolute atomic E-state index is 0.00741. The van der Waals surface area contributed by atoms with Crippen LogP contribution in [0.15, 0.2) is 29.8 Å². The lowest BCUT2D eigenvalue weighted by Crippen LogP contribution is -2.59. The van der Waals surface area contributed by atoms with Gasteiger partial charge >= 0.3 is 0 Å². The van der Waals surface area contributed by atoms with Crippen LogP contribution in [-0.2, 0) is 19.2 Å². The maximum absolute atomic E-state index is 14.4. The quantitative estimate of drug-likeness (QED) is 0.390. The molecule has 3 amide bonds. The van der Waals surface area contributed by atoms with Gasteiger partial charge in [0.2, 0.25) is 11.8 Å². The molecule has 2 heterocycles. The van der Waals surface area contributed by atoms with Crippen molar-refractivity contribution >= 4 is 34.8 Å². The predicted molar refractivity (Wildman–Crippen MR) is 154 cm³/mol. The Balaban J connectivity index is 1.54. The Bertz CT molecular complexity index is 1300. The molecule has 0 spiro atoms. The number of halogens is 1. The molecule has 1 aromatic carbocycles. The van der Waals surface area contributed by atoms with E-state index in [0.717, 1.165) is 21.7 Å². The van der Waals surface area contributed by atoms with E-state index in [0.29, 0.717) is 6.42 Å². The predicted octanol–water partition coefficient (Wildman–Crippen LogP) is 3.64. The zero-order valence-electron chi connectivity index (χ0n) is 24.2. The largest absolute Gasteiger partial charge is 0.391 e. The second-order valence-electron chi connectivity index (χ2n) is 12.2. The van der Waals surface area contributed by atoms with Gasteiger partial charge < -0.3 is 20.6 Å². The summed E-state index contributed by atoms with van der Waals surface area (Å²) >= 11 is 1.53. The number of nitrogens with zero attached hydrogens (tertiary/aromatic N) is 2. The number of thiazole rings is 1. The van der Waals surface area contributed by atoms with Crippen molar-refractivity contribution < 1.29 is 28.7 Å². The number of likely N-dealkylation sites (tertiary alicyclic amines) is 1. The Labute approximate surface area is 243 Å². The van der Waals surface area contributed by atoms with Gasteiger partial charge in [0, 0.05) is 25.8 Å². The fraction of sp³-hybridized carbons (Fsp3) is 0.567. The van der Waals surface area contributed by atoms with E-state index in [1.807, 2.05) is 31.2 Å². The molecule has 0 unspecified atom stereocenters. The van der Waals surface area contributed by atoms with Gasteiger partial charge in [-0.3, -0.25) is 19.2 Å². The number of hydrogen-bond donors (Lipinski definition) is 3. The van der Waals surface area contributed by atoms with Crippen molar-refractivity contribution in [3.05, 3.63) is 41.0 Å². The highest BCUT2D eigenvalue weighted by molar-refractivity contribution is 7.13. The first-order chi connectivity index (χ1) is 19.2. The van der Waals surface area contributed by atoms with Crippen LogP contribution < -0.4 is 10.6 Å². The molecule has 1 saturated carbocycles. The van der Waals surface area contributed by atoms with E-state index in [1.54, 1.807) is 33.2 Å². The van der Waals surface area contributed by atoms with Gasteiger partial charge in [-0.15, -0.1) is 11.3 Å². The number of aliphatic hydroxyl groups excluding tert-OH is 1. The topological polar surface area (TPSA) is 129 Å². The molecule has 0 bridgehead atoms. The molecular formula is C30H39FN4O5S. The number of hydrogen-bond acceptors (Lipinski definition) is 7. The molecule has 1 saturated heterocycles. The highest BCUT2D eigenvalue weighted by Gasteiger charge is 2.53. The number of alkyl halides is 1. The first-order valence-electron chi connectivity index (χ1n) is 14.0. The Hall–Kier alpha value is -3.18. The standard InChI is InChI=1S/C30H39FN4O5S/c1-6-20(36)13-22(18-7-9-19(10-8-18)24-17(2)32-16-41-24)33-26(38)23-14-21(37)15-35(23)27(39)25(29(3,4)5)34-28(40)30(31)11-12-30/h7-10,16,21-23,25,37H,6,11-15H2,1-5H3,(H,33,38)(H,34,40)/t21-,22+,23+,25+/m1/s1. The molecule has 9 nitrogen and oxygen atoms in total. The van der Waals surface area contributed by atoms with E-state index >= 15 is 0 Å². The summed E-state index contributed by atoms with van der Waals surface area (Å²) in [5.41, 5.74) is 1.68. The Morgan fingerprint density at radius 3 is 2.37 bits per heavy atom. The van der Waals surface area contributed by atoms with Crippen LogP contribution in [0.4, 0.5) is 4.39 Å². The van der Waals surface area contributed by atoms with Gasteiger partial charge in [0.05, 0.1) is 28.2 Å². The summed E-state index contributed by atoms with van der Waals surface area (Å²) in [4.78, 5) is 59.0. The van der Waals surface area contributed by atoms with E-state index < -0.39 is 53.0 Å². The Morgan fingerprint density at radius 1 is 1.17 bits per heavy atom. The first kappa shape index (κ1) is 30.8. The number of carbonyl (C=O) groups is 4. The third-order valence-electron chi connectivity index (χ3n) is 7.81. The normalized spacial score (nSPS) is 21.2. The molecule has 4 atom stereocenters. The van der Waals surface area contributed by atoms with Crippen molar-refractivity contribution in [2.75, 3.05) is 6.54 Å². The van der Waals surface area contributed by atoms with Crippen LogP contribution in [-0.4, -0.2) is 68.9 Å². The lowest BCUT2D eigenvalue weighted by atomic mass is 9.85. The Morgan fingerprint density at radius 2 is 1.83 bits per heavy atom. The monoisotopic (exact) mass is 586 g/mol. The van der Waals surface area contributed by atoms with Crippen molar-refractivity contribution in [1.29, 1.82) is 0 Å². The summed E-state index contributed by atoms with van der Waals surface area (Å²) in [6.07, 6.45) is -0.336. The van der Waals surface area contributed by atoms with Crippen molar-refractivity contribution in [2.45, 2.75) is 96.6 Å². The average molecular weight is 587 g/mol. The molecule has 1 aliphatic heterocycles. The van der Waals surface area contributed by atoms with Crippen LogP contribution in [0.5, 0.6) is 0 Å². The van der Waals surface area contributed by atoms with Gasteiger partial charge in [-0.1, -0.05) is 52.0 Å². The number of ketones is 1. The molecule has 1 aromatic heterocycles. The van der Waals surface area contributed by atoms with Crippen LogP contribution in [0, 0.1) is 12.3 Å². The highest BCUT2D eigenvalue weighted by Crippen LogP contribution is 2.40. The summed E-state index contributed by atoms with van der Waals surface area (Å²) in [5.74, 6) is -1.93. The molecule has 1 aliphatic carbocycles. The zero-order chi connectivity index (χ0) is 30.1. The third-order valence-corrected chi connectivity index (χ3v) is 8.79. The number of rotatable bonds is 10. The van der Waals surface area contributed by atoms with E-state index in [-0.39, 0.29) is 38.0 Å². The van der Waals surface area contributed by atoms with Gasteiger partial charge in [-0.2, -0.15) is 0 Å². The summed E-state index contributed by atoms with van der Waals surface area (Å²) in [6, 6.07) is 4.83. The van der Waals surface area contributed by atoms with E-state index in [4.69, 9.17) is 0 Å². The minimum atomic E-state index is -1.96. The molecule has 2 fully saturated rings. The SMILES string of the molecule is CCC(=O)C[C@H](NC(=O)[C@@H]1C[C@@H](O)CN1C(=O)[C@H](NC(=O)C1(F)CC1)C(C)(C)C)c1ccc(-c2scnc2C)cc1. The summed E-state index contributed by atoms with van der Waals surface area (Å²) in [5, 5.41) is 16.0. The number of aromatic nitrogens is 1. The summed E-state index contributed by atoms with van der Waals surface area (Å²) in [7, 11) is 0. The molecule has 0 radical (unpaired) electrons. The van der Waals surface area contributed by atoms with Crippen molar-refractivity contribution in [2.24, 2.45) is 5.41 Å². The molecule has 41 heavy (non-hydrogen) atoms. The average Bonchev–Trinajstić information content (AvgIpc) is 3.33. The number of Topliss-reactive ketones (excluding diaryl/α,β-unsaturated/α-hetero) is 1. The summed E-state index contributed by atoms with van der Waals surface area (Å²) in [6.45, 7) is 8.84. The van der Waals surface area contributed by atoms with Crippen LogP contribution in [0.1, 0.15) is 77.1 Å². The number of aliphatic hydroxyl groups is 1. The van der Waals surface area contributed by atoms with Crippen LogP contribution in [0.25, 0.3) is 10.4 Å². The zero-order valence-corrected chi connectivity index (χ0v) is 25.0. The fourth-order valence-electron chi connectivity index (χ4n) is 5.06. The van der Waals surface area contributed by atoms with Gasteiger partial charge in [0.15, 0.2) is 5.67 Å². The molecule has 222 valence electrons. The number of amides is 3. The third kappa shape index (κ3) is 7.01. The maximum Gasteiger partial charge on any atom is 0.258 e. The molecule has 4 rings (SSSR count). The fourth-order valence-corrected chi connectivity index (χ4v) is 5.87. The van der Waals surface area contributed by atoms with Crippen molar-refractivity contribution in [3.8, 4) is 10.4 Å². The Kier molecular flexibility index (Phi) is 8.98. The molecule has 3 N–H and O–H groups in total. The van der Waals surface area contributed by atoms with Gasteiger partial charge in [-0.25, -0.2) is 9.37 Å². The number of benzene rings is 1. The lowest BCUT2D eigenvalue weighted by molar-refractivity contribution is -0.145. The second kappa shape index (κ2) is 12.0. The molecule has 11 heteroatoms. The van der Waals surface area contributed by atoms with E-state index in [2.05, 4.69) is 15.6 Å². The molecular weight excluding hydrogens is 547 g/mol. The summed E-state index contributed by atoms with van der Waals surface area (Å²) < 4.78 is 14.4. The van der Waals surface area contributed by atoms with Gasteiger partial charge in [-0.05, 0) is 36.3 Å². The van der Waals surface area contributed by atoms with Gasteiger partial charge in [0.25, 0.3) is 5.91 Å². The highest BCUT2D eigenvalue weighted by atomic mass is 32.1. The van der Waals surface area contributed by atoms with Crippen molar-refractivity contribution in [3.63, 3.8) is 0 Å². The van der Waals surface area contributed by atoms with Crippen LogP contribution in [0.2, 0.25) is 0 Å². The van der Waals surface area contributed by atoms with Crippen molar-refractivity contribution in [1.82, 2.24) is 20.5 Å². The molecule has 2 aliphatic rings. The number of β-amino-alcohol motifs (C(OH)–C–C–N with tert-alkyl or cyclic N) is 1. The smallest absolute Gasteiger partial charge is 0.258 e. The molecule has 2 aromatic rings. The lowest BCUT2D eigenvalue weighted by Gasteiger charge is -2.36. The van der Waals surface area contributed by atoms with Crippen LogP contribution >= 0.6 is 11.3 Å². The van der Waals surface area contributed by atoms with E-state index in [1.165, 1.54) is 16.2 Å². The maximum atomic E-state index is 14.4. The first-order valence-corrected chi connectivity index (χ1v) is 14.9. The minimum Gasteiger partial charge on any atom is -0.391 e. The number of carbonyl (C=O) groups excluding carboxylic acids is 4. The number of aryl methyl sites for hydroxylation is 1. The van der Waals surface area contributed by atoms with Crippen LogP contribution in [0.3, 0.4) is 0 Å². The van der Waals surface area contributed by atoms with E-state index in [9.17, 15) is 28.7 Å². The van der Waals surface area contributed by atoms with Gasteiger partial charge in [0.1, 0.15) is 17.9 Å². The number of nitrogens with one attached hydrogen (secondary N) is 2.